The number of amides is 1. The molecule has 20 heavy (non-hydrogen) atoms. The van der Waals surface area contributed by atoms with Gasteiger partial charge in [-0.1, -0.05) is 36.4 Å². The van der Waals surface area contributed by atoms with Crippen LogP contribution in [0.4, 0.5) is 0 Å². The van der Waals surface area contributed by atoms with E-state index in [-0.39, 0.29) is 11.9 Å². The fourth-order valence-corrected chi connectivity index (χ4v) is 3.34. The van der Waals surface area contributed by atoms with Gasteiger partial charge < -0.3 is 10.2 Å². The SMILES string of the molecule is O=C(Cc1cccs1)N1CCNC[C@@H]1c1ccccc1. The first kappa shape index (κ1) is 13.3. The van der Waals surface area contributed by atoms with E-state index in [2.05, 4.69) is 17.4 Å². The van der Waals surface area contributed by atoms with E-state index >= 15 is 0 Å². The van der Waals surface area contributed by atoms with Crippen LogP contribution in [0.5, 0.6) is 0 Å². The molecule has 0 radical (unpaired) electrons. The third-order valence-corrected chi connectivity index (χ3v) is 4.53. The van der Waals surface area contributed by atoms with Gasteiger partial charge in [0.15, 0.2) is 0 Å². The van der Waals surface area contributed by atoms with E-state index in [0.29, 0.717) is 6.42 Å². The van der Waals surface area contributed by atoms with Crippen LogP contribution in [0.25, 0.3) is 0 Å². The summed E-state index contributed by atoms with van der Waals surface area (Å²) in [4.78, 5) is 15.7. The van der Waals surface area contributed by atoms with Crippen molar-refractivity contribution in [3.05, 3.63) is 58.3 Å². The highest BCUT2D eigenvalue weighted by Gasteiger charge is 2.27. The lowest BCUT2D eigenvalue weighted by molar-refractivity contribution is -0.133. The summed E-state index contributed by atoms with van der Waals surface area (Å²) in [6, 6.07) is 14.5. The Morgan fingerprint density at radius 2 is 2.10 bits per heavy atom. The number of benzene rings is 1. The second kappa shape index (κ2) is 6.20. The standard InChI is InChI=1S/C16H18N2OS/c19-16(11-14-7-4-10-20-14)18-9-8-17-12-15(18)13-5-2-1-3-6-13/h1-7,10,15,17H,8-9,11-12H2/t15-/m1/s1. The average molecular weight is 286 g/mol. The number of carbonyl (C=O) groups excluding carboxylic acids is 1. The van der Waals surface area contributed by atoms with Crippen molar-refractivity contribution in [3.8, 4) is 0 Å². The second-order valence-electron chi connectivity index (χ2n) is 4.97. The highest BCUT2D eigenvalue weighted by atomic mass is 32.1. The molecule has 4 heteroatoms. The molecule has 1 atom stereocenters. The Balaban J connectivity index is 1.77. The van der Waals surface area contributed by atoms with Gasteiger partial charge in [0, 0.05) is 24.5 Å². The first-order chi connectivity index (χ1) is 9.84. The molecular formula is C16H18N2OS. The lowest BCUT2D eigenvalue weighted by Gasteiger charge is -2.36. The Labute approximate surface area is 123 Å². The van der Waals surface area contributed by atoms with E-state index in [1.54, 1.807) is 11.3 Å². The molecule has 3 nitrogen and oxygen atoms in total. The maximum atomic E-state index is 12.6. The molecule has 104 valence electrons. The van der Waals surface area contributed by atoms with E-state index < -0.39 is 0 Å². The van der Waals surface area contributed by atoms with Gasteiger partial charge in [0.05, 0.1) is 12.5 Å². The van der Waals surface area contributed by atoms with Crippen LogP contribution >= 0.6 is 11.3 Å². The quantitative estimate of drug-likeness (QED) is 0.940. The molecule has 1 fully saturated rings. The van der Waals surface area contributed by atoms with E-state index in [4.69, 9.17) is 0 Å². The topological polar surface area (TPSA) is 32.3 Å². The highest BCUT2D eigenvalue weighted by Crippen LogP contribution is 2.23. The van der Waals surface area contributed by atoms with Crippen LogP contribution in [-0.2, 0) is 11.2 Å². The van der Waals surface area contributed by atoms with Crippen LogP contribution in [-0.4, -0.2) is 30.4 Å². The smallest absolute Gasteiger partial charge is 0.228 e. The van der Waals surface area contributed by atoms with Gasteiger partial charge in [-0.2, -0.15) is 0 Å². The van der Waals surface area contributed by atoms with Crippen LogP contribution in [0.3, 0.4) is 0 Å². The van der Waals surface area contributed by atoms with Crippen molar-refractivity contribution in [3.63, 3.8) is 0 Å². The molecule has 1 aliphatic rings. The lowest BCUT2D eigenvalue weighted by Crippen LogP contribution is -2.49. The van der Waals surface area contributed by atoms with E-state index in [1.807, 2.05) is 40.6 Å². The Kier molecular flexibility index (Phi) is 4.14. The molecule has 2 aromatic rings. The number of carbonyl (C=O) groups is 1. The molecule has 0 aliphatic carbocycles. The minimum atomic E-state index is 0.150. The molecule has 3 rings (SSSR count). The van der Waals surface area contributed by atoms with Crippen LogP contribution in [0.2, 0.25) is 0 Å². The predicted octanol–water partition coefficient (Wildman–Crippen LogP) is 2.46. The summed E-state index contributed by atoms with van der Waals surface area (Å²) >= 11 is 1.65. The van der Waals surface area contributed by atoms with E-state index in [9.17, 15) is 4.79 Å². The maximum Gasteiger partial charge on any atom is 0.228 e. The van der Waals surface area contributed by atoms with Gasteiger partial charge in [0.25, 0.3) is 0 Å². The highest BCUT2D eigenvalue weighted by molar-refractivity contribution is 7.10. The van der Waals surface area contributed by atoms with E-state index in [0.717, 1.165) is 24.5 Å². The summed E-state index contributed by atoms with van der Waals surface area (Å²) in [5.41, 5.74) is 1.21. The fourth-order valence-electron chi connectivity index (χ4n) is 2.64. The van der Waals surface area contributed by atoms with Crippen molar-refractivity contribution in [1.29, 1.82) is 0 Å². The molecular weight excluding hydrogens is 268 g/mol. The Morgan fingerprint density at radius 1 is 1.25 bits per heavy atom. The summed E-state index contributed by atoms with van der Waals surface area (Å²) in [5, 5.41) is 5.41. The molecule has 1 aliphatic heterocycles. The van der Waals surface area contributed by atoms with Gasteiger partial charge in [0.2, 0.25) is 5.91 Å². The zero-order valence-corrected chi connectivity index (χ0v) is 12.1. The largest absolute Gasteiger partial charge is 0.333 e. The first-order valence-corrected chi connectivity index (χ1v) is 7.80. The van der Waals surface area contributed by atoms with Gasteiger partial charge in [0.1, 0.15) is 0 Å². The summed E-state index contributed by atoms with van der Waals surface area (Å²) < 4.78 is 0. The van der Waals surface area contributed by atoms with Crippen LogP contribution < -0.4 is 5.32 Å². The van der Waals surface area contributed by atoms with Crippen LogP contribution in [0.1, 0.15) is 16.5 Å². The first-order valence-electron chi connectivity index (χ1n) is 6.92. The van der Waals surface area contributed by atoms with Gasteiger partial charge >= 0.3 is 0 Å². The fraction of sp³-hybridized carbons (Fsp3) is 0.312. The molecule has 1 aromatic heterocycles. The summed E-state index contributed by atoms with van der Waals surface area (Å²) in [5.74, 6) is 0.225. The summed E-state index contributed by atoms with van der Waals surface area (Å²) in [6.45, 7) is 2.49. The molecule has 2 heterocycles. The zero-order valence-electron chi connectivity index (χ0n) is 11.3. The maximum absolute atomic E-state index is 12.6. The summed E-state index contributed by atoms with van der Waals surface area (Å²) in [6.07, 6.45) is 0.515. The van der Waals surface area contributed by atoms with Gasteiger partial charge in [-0.25, -0.2) is 0 Å². The van der Waals surface area contributed by atoms with Gasteiger partial charge in [-0.3, -0.25) is 4.79 Å². The summed E-state index contributed by atoms with van der Waals surface area (Å²) in [7, 11) is 0. The number of piperazine rings is 1. The third-order valence-electron chi connectivity index (χ3n) is 3.65. The van der Waals surface area contributed by atoms with Crippen molar-refractivity contribution < 1.29 is 4.79 Å². The Morgan fingerprint density at radius 3 is 2.85 bits per heavy atom. The normalized spacial score (nSPS) is 19.0. The van der Waals surface area contributed by atoms with Crippen molar-refractivity contribution in [2.45, 2.75) is 12.5 Å². The minimum Gasteiger partial charge on any atom is -0.333 e. The van der Waals surface area contributed by atoms with Crippen LogP contribution in [0.15, 0.2) is 47.8 Å². The number of nitrogens with zero attached hydrogens (tertiary/aromatic N) is 1. The Hall–Kier alpha value is -1.65. The average Bonchev–Trinajstić information content (AvgIpc) is 3.01. The van der Waals surface area contributed by atoms with Crippen molar-refractivity contribution in [1.82, 2.24) is 10.2 Å². The number of thiophene rings is 1. The molecule has 0 saturated carbocycles. The molecule has 0 bridgehead atoms. The molecule has 1 amide bonds. The van der Waals surface area contributed by atoms with Crippen molar-refractivity contribution in [2.24, 2.45) is 0 Å². The van der Waals surface area contributed by atoms with Crippen LogP contribution in [0, 0.1) is 0 Å². The third kappa shape index (κ3) is 2.92. The molecule has 1 aromatic carbocycles. The zero-order chi connectivity index (χ0) is 13.8. The van der Waals surface area contributed by atoms with Gasteiger partial charge in [-0.05, 0) is 17.0 Å². The monoisotopic (exact) mass is 286 g/mol. The van der Waals surface area contributed by atoms with Crippen molar-refractivity contribution in [2.75, 3.05) is 19.6 Å². The minimum absolute atomic E-state index is 0.150. The lowest BCUT2D eigenvalue weighted by atomic mass is 10.0. The number of rotatable bonds is 3. The molecule has 0 spiro atoms. The molecule has 0 unspecified atom stereocenters. The number of hydrogen-bond donors (Lipinski definition) is 1. The molecule has 1 saturated heterocycles. The Bertz CT molecular complexity index is 553. The number of nitrogens with one attached hydrogen (secondary N) is 1. The number of hydrogen-bond acceptors (Lipinski definition) is 3. The second-order valence-corrected chi connectivity index (χ2v) is 6.01. The predicted molar refractivity (Wildman–Crippen MR) is 81.8 cm³/mol. The van der Waals surface area contributed by atoms with Gasteiger partial charge in [-0.15, -0.1) is 11.3 Å². The van der Waals surface area contributed by atoms with E-state index in [1.165, 1.54) is 5.56 Å². The van der Waals surface area contributed by atoms with Crippen molar-refractivity contribution >= 4 is 17.2 Å². The molecule has 1 N–H and O–H groups in total.